The predicted octanol–water partition coefficient (Wildman–Crippen LogP) is 2.44. The van der Waals surface area contributed by atoms with Crippen LogP contribution in [0.5, 0.6) is 0 Å². The van der Waals surface area contributed by atoms with Crippen molar-refractivity contribution >= 4 is 27.6 Å². The second-order valence-electron chi connectivity index (χ2n) is 7.80. The molecule has 3 aromatic heterocycles. The highest BCUT2D eigenvalue weighted by molar-refractivity contribution is 7.93. The van der Waals surface area contributed by atoms with Crippen molar-refractivity contribution < 1.29 is 22.6 Å². The number of nitrogens with zero attached hydrogens (tertiary/aromatic N) is 6. The number of anilines is 1. The molecule has 0 aliphatic heterocycles. The summed E-state index contributed by atoms with van der Waals surface area (Å²) in [6.45, 7) is 3.83. The molecule has 0 unspecified atom stereocenters. The fourth-order valence-corrected chi connectivity index (χ4v) is 4.76. The summed E-state index contributed by atoms with van der Waals surface area (Å²) in [5.74, 6) is 0.591. The number of nitrogens with one attached hydrogen (secondary N) is 1. The molecule has 0 fully saturated rings. The number of aryl methyl sites for hydroxylation is 1. The van der Waals surface area contributed by atoms with Gasteiger partial charge in [0.1, 0.15) is 11.4 Å². The second-order valence-corrected chi connectivity index (χ2v) is 10.3. The standard InChI is InChI=1S/C21H28ClN7O5S/c1-13-6-15(8-23-7-13)20-26-27-21(29(20)17(11-32-3)12-33-4)28-35(30,31)14(2)18(34-5)19-24-9-16(22)10-25-19/h6-10,14,17-18H,11-12H2,1-5H3,(H,27,28)/t14-,18-/m0/s1. The molecule has 0 spiro atoms. The normalized spacial score (nSPS) is 13.7. The molecule has 3 aromatic rings. The van der Waals surface area contributed by atoms with Crippen LogP contribution in [0.15, 0.2) is 30.9 Å². The van der Waals surface area contributed by atoms with Gasteiger partial charge in [0.05, 0.1) is 24.3 Å². The Hall–Kier alpha value is -2.71. The first kappa shape index (κ1) is 26.9. The van der Waals surface area contributed by atoms with Gasteiger partial charge in [-0.25, -0.2) is 18.4 Å². The number of pyridine rings is 1. The average Bonchev–Trinajstić information content (AvgIpc) is 3.23. The number of hydrogen-bond acceptors (Lipinski definition) is 10. The third kappa shape index (κ3) is 6.30. The lowest BCUT2D eigenvalue weighted by atomic mass is 10.2. The van der Waals surface area contributed by atoms with Gasteiger partial charge < -0.3 is 14.2 Å². The third-order valence-electron chi connectivity index (χ3n) is 5.21. The zero-order valence-corrected chi connectivity index (χ0v) is 21.6. The van der Waals surface area contributed by atoms with E-state index in [0.29, 0.717) is 16.4 Å². The van der Waals surface area contributed by atoms with Gasteiger partial charge in [0.25, 0.3) is 0 Å². The van der Waals surface area contributed by atoms with Crippen LogP contribution in [-0.2, 0) is 24.2 Å². The Kier molecular flexibility index (Phi) is 9.08. The summed E-state index contributed by atoms with van der Waals surface area (Å²) < 4.78 is 47.1. The van der Waals surface area contributed by atoms with Crippen LogP contribution in [-0.4, -0.2) is 77.9 Å². The molecular formula is C21H28ClN7O5S. The summed E-state index contributed by atoms with van der Waals surface area (Å²) in [6.07, 6.45) is 5.13. The topological polar surface area (TPSA) is 143 Å². The molecule has 3 heterocycles. The van der Waals surface area contributed by atoms with Crippen LogP contribution in [0.25, 0.3) is 11.4 Å². The summed E-state index contributed by atoms with van der Waals surface area (Å²) in [4.78, 5) is 12.4. The summed E-state index contributed by atoms with van der Waals surface area (Å²) >= 11 is 5.86. The van der Waals surface area contributed by atoms with Crippen molar-refractivity contribution in [2.45, 2.75) is 31.2 Å². The molecule has 1 N–H and O–H groups in total. The van der Waals surface area contributed by atoms with Gasteiger partial charge in [-0.15, -0.1) is 10.2 Å². The first-order valence-corrected chi connectivity index (χ1v) is 12.5. The lowest BCUT2D eigenvalue weighted by molar-refractivity contribution is 0.0907. The molecule has 0 radical (unpaired) electrons. The Morgan fingerprint density at radius 3 is 2.29 bits per heavy atom. The van der Waals surface area contributed by atoms with Gasteiger partial charge in [-0.1, -0.05) is 11.6 Å². The summed E-state index contributed by atoms with van der Waals surface area (Å²) in [5, 5.41) is 7.63. The fraction of sp³-hybridized carbons (Fsp3) is 0.476. The van der Waals surface area contributed by atoms with Crippen LogP contribution in [0.1, 0.15) is 30.5 Å². The summed E-state index contributed by atoms with van der Waals surface area (Å²) in [5.41, 5.74) is 1.58. The highest BCUT2D eigenvalue weighted by atomic mass is 35.5. The molecule has 0 aliphatic carbocycles. The molecule has 190 valence electrons. The van der Waals surface area contributed by atoms with Gasteiger partial charge >= 0.3 is 0 Å². The molecule has 0 aromatic carbocycles. The zero-order valence-electron chi connectivity index (χ0n) is 20.0. The molecule has 12 nitrogen and oxygen atoms in total. The van der Waals surface area contributed by atoms with Crippen LogP contribution in [0.3, 0.4) is 0 Å². The Bertz CT molecular complexity index is 1220. The quantitative estimate of drug-likeness (QED) is 0.374. The van der Waals surface area contributed by atoms with Gasteiger partial charge in [-0.3, -0.25) is 14.3 Å². The van der Waals surface area contributed by atoms with Crippen molar-refractivity contribution in [3.05, 3.63) is 47.3 Å². The molecule has 0 bridgehead atoms. The second kappa shape index (κ2) is 11.8. The molecule has 0 amide bonds. The Morgan fingerprint density at radius 2 is 1.71 bits per heavy atom. The largest absolute Gasteiger partial charge is 0.382 e. The smallest absolute Gasteiger partial charge is 0.240 e. The minimum absolute atomic E-state index is 0.000617. The number of sulfonamides is 1. The van der Waals surface area contributed by atoms with Crippen LogP contribution < -0.4 is 4.72 Å². The summed E-state index contributed by atoms with van der Waals surface area (Å²) in [7, 11) is 0.415. The van der Waals surface area contributed by atoms with Gasteiger partial charge in [-0.2, -0.15) is 0 Å². The lowest BCUT2D eigenvalue weighted by Crippen LogP contribution is -2.34. The fourth-order valence-electron chi connectivity index (χ4n) is 3.52. The predicted molar refractivity (Wildman–Crippen MR) is 130 cm³/mol. The Balaban J connectivity index is 2.02. The number of rotatable bonds is 12. The maximum atomic E-state index is 13.4. The SMILES string of the molecule is COCC(COC)n1c(NS(=O)(=O)[C@@H](C)[C@H](OC)c2ncc(Cl)cn2)nnc1-c1cncc(C)c1. The van der Waals surface area contributed by atoms with E-state index in [9.17, 15) is 8.42 Å². The van der Waals surface area contributed by atoms with Crippen molar-refractivity contribution in [1.82, 2.24) is 29.7 Å². The molecule has 35 heavy (non-hydrogen) atoms. The number of ether oxygens (including phenoxy) is 3. The Morgan fingerprint density at radius 1 is 1.06 bits per heavy atom. The number of halogens is 1. The van der Waals surface area contributed by atoms with Gasteiger partial charge in [0.2, 0.25) is 16.0 Å². The van der Waals surface area contributed by atoms with Crippen LogP contribution in [0, 0.1) is 6.92 Å². The maximum Gasteiger partial charge on any atom is 0.240 e. The molecular weight excluding hydrogens is 498 g/mol. The molecule has 0 saturated heterocycles. The number of aromatic nitrogens is 6. The third-order valence-corrected chi connectivity index (χ3v) is 7.10. The average molecular weight is 526 g/mol. The molecule has 14 heteroatoms. The molecule has 2 atom stereocenters. The molecule has 0 aliphatic rings. The first-order chi connectivity index (χ1) is 16.7. The summed E-state index contributed by atoms with van der Waals surface area (Å²) in [6, 6.07) is 1.45. The molecule has 0 saturated carbocycles. The Labute approximate surface area is 209 Å². The zero-order chi connectivity index (χ0) is 25.6. The molecule has 3 rings (SSSR count). The van der Waals surface area contributed by atoms with Crippen LogP contribution in [0.2, 0.25) is 5.02 Å². The van der Waals surface area contributed by atoms with Crippen molar-refractivity contribution in [3.63, 3.8) is 0 Å². The van der Waals surface area contributed by atoms with E-state index >= 15 is 0 Å². The van der Waals surface area contributed by atoms with Gasteiger partial charge in [-0.05, 0) is 25.5 Å². The van der Waals surface area contributed by atoms with Gasteiger partial charge in [0.15, 0.2) is 11.6 Å². The van der Waals surface area contributed by atoms with E-state index < -0.39 is 27.4 Å². The van der Waals surface area contributed by atoms with E-state index in [1.807, 2.05) is 13.0 Å². The van der Waals surface area contributed by atoms with Crippen molar-refractivity contribution in [2.24, 2.45) is 0 Å². The number of hydrogen-bond donors (Lipinski definition) is 1. The monoisotopic (exact) mass is 525 g/mol. The lowest BCUT2D eigenvalue weighted by Gasteiger charge is -2.24. The van der Waals surface area contributed by atoms with Crippen molar-refractivity contribution in [2.75, 3.05) is 39.3 Å². The van der Waals surface area contributed by atoms with E-state index in [2.05, 4.69) is 29.9 Å². The van der Waals surface area contributed by atoms with Crippen molar-refractivity contribution in [3.8, 4) is 11.4 Å². The van der Waals surface area contributed by atoms with Crippen LogP contribution in [0.4, 0.5) is 5.95 Å². The minimum Gasteiger partial charge on any atom is -0.382 e. The van der Waals surface area contributed by atoms with E-state index in [4.69, 9.17) is 25.8 Å². The minimum atomic E-state index is -4.05. The maximum absolute atomic E-state index is 13.4. The highest BCUT2D eigenvalue weighted by Gasteiger charge is 2.35. The number of methoxy groups -OCH3 is 3. The van der Waals surface area contributed by atoms with Crippen molar-refractivity contribution in [1.29, 1.82) is 0 Å². The highest BCUT2D eigenvalue weighted by Crippen LogP contribution is 2.29. The van der Waals surface area contributed by atoms with E-state index in [1.165, 1.54) is 26.4 Å². The van der Waals surface area contributed by atoms with E-state index in [0.717, 1.165) is 5.56 Å². The van der Waals surface area contributed by atoms with E-state index in [1.54, 1.807) is 31.2 Å². The van der Waals surface area contributed by atoms with Gasteiger partial charge in [0, 0.05) is 51.7 Å². The van der Waals surface area contributed by atoms with Crippen LogP contribution >= 0.6 is 11.6 Å². The van der Waals surface area contributed by atoms with E-state index in [-0.39, 0.29) is 25.0 Å². The first-order valence-electron chi connectivity index (χ1n) is 10.6.